The van der Waals surface area contributed by atoms with Crippen molar-refractivity contribution in [3.63, 3.8) is 0 Å². The van der Waals surface area contributed by atoms with Crippen molar-refractivity contribution in [1.82, 2.24) is 4.90 Å². The lowest BCUT2D eigenvalue weighted by Crippen LogP contribution is -2.54. The number of piperazine rings is 1. The average molecular weight is 592 g/mol. The smallest absolute Gasteiger partial charge is 0.421 e. The van der Waals surface area contributed by atoms with Gasteiger partial charge in [0.25, 0.3) is 5.69 Å². The van der Waals surface area contributed by atoms with Crippen molar-refractivity contribution in [3.8, 4) is 0 Å². The van der Waals surface area contributed by atoms with E-state index in [0.717, 1.165) is 23.4 Å². The summed E-state index contributed by atoms with van der Waals surface area (Å²) in [7, 11) is 0. The van der Waals surface area contributed by atoms with Gasteiger partial charge in [0.05, 0.1) is 11.3 Å². The molecule has 0 aromatic heterocycles. The van der Waals surface area contributed by atoms with Crippen molar-refractivity contribution in [1.29, 1.82) is 0 Å². The number of carboxylic acids is 1. The number of aliphatic hydroxyl groups is 1. The summed E-state index contributed by atoms with van der Waals surface area (Å²) in [4.78, 5) is 37.9. The maximum Gasteiger partial charge on any atom is 0.421 e. The van der Waals surface area contributed by atoms with Gasteiger partial charge in [-0.3, -0.25) is 19.7 Å². The number of carbonyl (C=O) groups excluding carboxylic acids is 1. The van der Waals surface area contributed by atoms with Crippen LogP contribution in [0.15, 0.2) is 48.5 Å². The highest BCUT2D eigenvalue weighted by atomic mass is 19.4. The quantitative estimate of drug-likeness (QED) is 0.189. The van der Waals surface area contributed by atoms with E-state index in [1.165, 1.54) is 24.0 Å². The molecule has 0 spiro atoms. The van der Waals surface area contributed by atoms with Crippen LogP contribution in [0.1, 0.15) is 55.7 Å². The summed E-state index contributed by atoms with van der Waals surface area (Å²) in [5.41, 5.74) is -2.36. The number of unbranched alkanes of at least 4 members (excludes halogenated alkanes) is 2. The lowest BCUT2D eigenvalue weighted by molar-refractivity contribution is -0.384. The number of non-ortho nitro benzene ring substituents is 1. The number of rotatable bonds is 12. The van der Waals surface area contributed by atoms with Crippen LogP contribution in [-0.2, 0) is 16.0 Å². The highest BCUT2D eigenvalue weighted by Gasteiger charge is 2.58. The van der Waals surface area contributed by atoms with E-state index < -0.39 is 40.6 Å². The Labute approximate surface area is 242 Å². The summed E-state index contributed by atoms with van der Waals surface area (Å²) >= 11 is 0. The molecule has 9 nitrogen and oxygen atoms in total. The molecule has 2 aromatic rings. The molecule has 2 aromatic carbocycles. The molecule has 0 saturated carbocycles. The van der Waals surface area contributed by atoms with Crippen LogP contribution in [-0.4, -0.2) is 69.9 Å². The number of aryl methyl sites for hydroxylation is 2. The second-order valence-electron chi connectivity index (χ2n) is 10.5. The molecule has 1 amide bonds. The molecule has 12 heteroatoms. The minimum atomic E-state index is -5.20. The molecule has 0 bridgehead atoms. The molecule has 1 aliphatic rings. The van der Waals surface area contributed by atoms with Crippen LogP contribution in [0.4, 0.5) is 24.5 Å². The maximum atomic E-state index is 14.6. The Bertz CT molecular complexity index is 1300. The maximum absolute atomic E-state index is 14.6. The van der Waals surface area contributed by atoms with Crippen molar-refractivity contribution in [3.05, 3.63) is 75.3 Å². The van der Waals surface area contributed by atoms with Crippen molar-refractivity contribution in [2.45, 2.75) is 64.1 Å². The Morgan fingerprint density at radius 1 is 1.07 bits per heavy atom. The van der Waals surface area contributed by atoms with Crippen LogP contribution < -0.4 is 4.90 Å². The van der Waals surface area contributed by atoms with Gasteiger partial charge in [-0.25, -0.2) is 0 Å². The molecule has 1 unspecified atom stereocenters. The molecule has 1 saturated heterocycles. The van der Waals surface area contributed by atoms with Gasteiger partial charge >= 0.3 is 12.1 Å². The van der Waals surface area contributed by atoms with E-state index in [1.54, 1.807) is 0 Å². The van der Waals surface area contributed by atoms with Crippen LogP contribution in [0.5, 0.6) is 0 Å². The third kappa shape index (κ3) is 7.87. The van der Waals surface area contributed by atoms with Crippen molar-refractivity contribution >= 4 is 28.8 Å². The number of hydrogen-bond donors (Lipinski definition) is 2. The molecular formula is C30H36F3N3O6. The Kier molecular flexibility index (Phi) is 10.7. The van der Waals surface area contributed by atoms with Crippen LogP contribution in [0.2, 0.25) is 0 Å². The summed E-state index contributed by atoms with van der Waals surface area (Å²) in [5, 5.41) is 31.3. The van der Waals surface area contributed by atoms with E-state index >= 15 is 0 Å². The van der Waals surface area contributed by atoms with Crippen molar-refractivity contribution < 1.29 is 37.9 Å². The molecule has 42 heavy (non-hydrogen) atoms. The first kappa shape index (κ1) is 32.6. The summed E-state index contributed by atoms with van der Waals surface area (Å²) in [6.07, 6.45) is -3.24. The predicted molar refractivity (Wildman–Crippen MR) is 152 cm³/mol. The van der Waals surface area contributed by atoms with Gasteiger partial charge in [-0.05, 0) is 60.2 Å². The average Bonchev–Trinajstić information content (AvgIpc) is 2.94. The van der Waals surface area contributed by atoms with Crippen LogP contribution in [0, 0.1) is 17.0 Å². The summed E-state index contributed by atoms with van der Waals surface area (Å²) in [6.45, 7) is 4.35. The molecule has 228 valence electrons. The van der Waals surface area contributed by atoms with Crippen molar-refractivity contribution in [2.75, 3.05) is 31.1 Å². The van der Waals surface area contributed by atoms with Gasteiger partial charge in [0.1, 0.15) is 0 Å². The monoisotopic (exact) mass is 591 g/mol. The number of amides is 1. The number of carbonyl (C=O) groups is 2. The molecule has 0 aliphatic carbocycles. The summed E-state index contributed by atoms with van der Waals surface area (Å²) in [5.74, 6) is -1.73. The molecule has 1 fully saturated rings. The summed E-state index contributed by atoms with van der Waals surface area (Å²) in [6, 6.07) is 10.8. The number of halogens is 3. The highest BCUT2D eigenvalue weighted by Crippen LogP contribution is 2.45. The lowest BCUT2D eigenvalue weighted by atomic mass is 9.81. The zero-order valence-corrected chi connectivity index (χ0v) is 23.7. The van der Waals surface area contributed by atoms with E-state index in [2.05, 4.69) is 0 Å². The fourth-order valence-corrected chi connectivity index (χ4v) is 5.03. The number of alkyl halides is 3. The van der Waals surface area contributed by atoms with Gasteiger partial charge < -0.3 is 20.0 Å². The minimum absolute atomic E-state index is 0.000879. The van der Waals surface area contributed by atoms with Crippen molar-refractivity contribution in [2.24, 2.45) is 0 Å². The molecule has 2 N–H and O–H groups in total. The van der Waals surface area contributed by atoms with Crippen LogP contribution >= 0.6 is 0 Å². The Hall–Kier alpha value is -3.93. The first-order chi connectivity index (χ1) is 19.8. The standard InChI is InChI=1S/C30H36F3N3O6/c1-3-4-5-6-26(25-13-12-24(36(41)42)19-21(25)2)29(40,30(31,32)33)20-27(37)35-17-15-34(16-18-35)23-10-7-22(8-11-23)9-14-28(38)39/h6-8,10-13,19,40H,3-5,9,14-18,20H2,1-2H3,(H,38,39)/b26-6+. The van der Waals surface area contributed by atoms with Gasteiger partial charge in [-0.2, -0.15) is 13.2 Å². The third-order valence-electron chi connectivity index (χ3n) is 7.50. The topological polar surface area (TPSA) is 124 Å². The van der Waals surface area contributed by atoms with E-state index in [0.29, 0.717) is 32.4 Å². The second-order valence-corrected chi connectivity index (χ2v) is 10.5. The van der Waals surface area contributed by atoms with E-state index in [-0.39, 0.29) is 42.7 Å². The number of nitrogens with zero attached hydrogens (tertiary/aromatic N) is 3. The number of anilines is 1. The number of aliphatic carboxylic acids is 1. The first-order valence-electron chi connectivity index (χ1n) is 13.9. The number of carboxylic acid groups (broad SMARTS) is 1. The van der Waals surface area contributed by atoms with Gasteiger partial charge in [0.2, 0.25) is 5.91 Å². The number of nitro groups is 1. The van der Waals surface area contributed by atoms with Crippen LogP contribution in [0.3, 0.4) is 0 Å². The molecule has 3 rings (SSSR count). The lowest BCUT2D eigenvalue weighted by Gasteiger charge is -2.39. The zero-order valence-electron chi connectivity index (χ0n) is 23.7. The Morgan fingerprint density at radius 3 is 2.24 bits per heavy atom. The Morgan fingerprint density at radius 2 is 1.71 bits per heavy atom. The number of benzene rings is 2. The fourth-order valence-electron chi connectivity index (χ4n) is 5.03. The predicted octanol–water partition coefficient (Wildman–Crippen LogP) is 5.53. The molecule has 1 atom stereocenters. The van der Waals surface area contributed by atoms with Gasteiger partial charge in [0, 0.05) is 50.4 Å². The number of hydrogen-bond acceptors (Lipinski definition) is 6. The van der Waals surface area contributed by atoms with Gasteiger partial charge in [-0.15, -0.1) is 0 Å². The van der Waals surface area contributed by atoms with E-state index in [1.807, 2.05) is 36.1 Å². The van der Waals surface area contributed by atoms with E-state index in [9.17, 15) is 38.0 Å². The Balaban J connectivity index is 1.80. The molecule has 0 radical (unpaired) electrons. The zero-order chi connectivity index (χ0) is 31.1. The number of allylic oxidation sites excluding steroid dienone is 1. The van der Waals surface area contributed by atoms with Crippen LogP contribution in [0.25, 0.3) is 5.57 Å². The highest BCUT2D eigenvalue weighted by molar-refractivity contribution is 5.85. The fraction of sp³-hybridized carbons (Fsp3) is 0.467. The molecule has 1 heterocycles. The first-order valence-corrected chi connectivity index (χ1v) is 13.9. The summed E-state index contributed by atoms with van der Waals surface area (Å²) < 4.78 is 43.9. The van der Waals surface area contributed by atoms with E-state index in [4.69, 9.17) is 5.11 Å². The largest absolute Gasteiger partial charge is 0.481 e. The second kappa shape index (κ2) is 13.8. The normalized spacial score (nSPS) is 15.8. The van der Waals surface area contributed by atoms with Gasteiger partial charge in [0.15, 0.2) is 5.60 Å². The third-order valence-corrected chi connectivity index (χ3v) is 7.50. The molecular weight excluding hydrogens is 555 g/mol. The number of nitro benzene ring substituents is 1. The molecule has 1 aliphatic heterocycles. The SMILES string of the molecule is CCCC/C=C(\c1ccc([N+](=O)[O-])cc1C)C(O)(CC(=O)N1CCN(c2ccc(CCC(=O)O)cc2)CC1)C(F)(F)F. The van der Waals surface area contributed by atoms with Gasteiger partial charge in [-0.1, -0.05) is 38.0 Å². The minimum Gasteiger partial charge on any atom is -0.481 e.